The molecule has 17 heavy (non-hydrogen) atoms. The Labute approximate surface area is 102 Å². The lowest BCUT2D eigenvalue weighted by atomic mass is 9.89. The molecule has 0 aromatic carbocycles. The van der Waals surface area contributed by atoms with E-state index in [0.29, 0.717) is 12.3 Å². The van der Waals surface area contributed by atoms with E-state index < -0.39 is 11.9 Å². The van der Waals surface area contributed by atoms with Gasteiger partial charge in [0.15, 0.2) is 0 Å². The number of ether oxygens (including phenoxy) is 1. The molecular weight excluding hydrogens is 220 g/mol. The summed E-state index contributed by atoms with van der Waals surface area (Å²) in [6.45, 7) is 4.32. The summed E-state index contributed by atoms with van der Waals surface area (Å²) in [4.78, 5) is 23.2. The highest BCUT2D eigenvalue weighted by atomic mass is 16.5. The van der Waals surface area contributed by atoms with Crippen LogP contribution in [0.15, 0.2) is 0 Å². The van der Waals surface area contributed by atoms with E-state index in [-0.39, 0.29) is 24.9 Å². The normalized spacial score (nSPS) is 24.1. The van der Waals surface area contributed by atoms with Gasteiger partial charge in [0.2, 0.25) is 0 Å². The smallest absolute Gasteiger partial charge is 0.316 e. The molecule has 1 saturated heterocycles. The summed E-state index contributed by atoms with van der Waals surface area (Å²) < 4.78 is 4.81. The minimum absolute atomic E-state index is 0.0738. The van der Waals surface area contributed by atoms with Gasteiger partial charge in [-0.15, -0.1) is 0 Å². The van der Waals surface area contributed by atoms with Crippen LogP contribution in [0.5, 0.6) is 0 Å². The van der Waals surface area contributed by atoms with E-state index in [1.807, 2.05) is 0 Å². The number of cyclic esters (lactones) is 1. The van der Waals surface area contributed by atoms with Crippen molar-refractivity contribution in [3.63, 3.8) is 0 Å². The zero-order valence-electron chi connectivity index (χ0n) is 10.6. The minimum atomic E-state index is -0.723. The maximum atomic E-state index is 11.9. The standard InChI is InChI=1S/C13H22O4/c1-9(2)5-3-4-6-11(15)12-10(7-14)8-17-13(12)16/h9-10,12,14H,3-8H2,1-2H3/t10-,12+/m1/s1. The average Bonchev–Trinajstić information content (AvgIpc) is 2.65. The third-order valence-corrected chi connectivity index (χ3v) is 3.20. The van der Waals surface area contributed by atoms with Gasteiger partial charge in [-0.1, -0.05) is 26.7 Å². The first-order valence-electron chi connectivity index (χ1n) is 6.36. The molecule has 0 amide bonds. The van der Waals surface area contributed by atoms with Crippen LogP contribution in [0.1, 0.15) is 39.5 Å². The topological polar surface area (TPSA) is 63.6 Å². The second-order valence-corrected chi connectivity index (χ2v) is 5.16. The third kappa shape index (κ3) is 4.11. The predicted molar refractivity (Wildman–Crippen MR) is 63.3 cm³/mol. The number of hydrogen-bond donors (Lipinski definition) is 1. The number of ketones is 1. The number of Topliss-reactive ketones (excluding diaryl/α,β-unsaturated/α-hetero) is 1. The highest BCUT2D eigenvalue weighted by molar-refractivity contribution is 6.00. The molecule has 0 bridgehead atoms. The highest BCUT2D eigenvalue weighted by Gasteiger charge is 2.41. The molecule has 0 unspecified atom stereocenters. The molecule has 1 rings (SSSR count). The largest absolute Gasteiger partial charge is 0.465 e. The number of carbonyl (C=O) groups is 2. The van der Waals surface area contributed by atoms with Crippen molar-refractivity contribution in [1.29, 1.82) is 0 Å². The fourth-order valence-corrected chi connectivity index (χ4v) is 2.13. The second-order valence-electron chi connectivity index (χ2n) is 5.16. The molecule has 0 radical (unpaired) electrons. The van der Waals surface area contributed by atoms with Gasteiger partial charge in [0.25, 0.3) is 0 Å². The van der Waals surface area contributed by atoms with E-state index in [0.717, 1.165) is 19.3 Å². The molecular formula is C13H22O4. The van der Waals surface area contributed by atoms with Crippen LogP contribution < -0.4 is 0 Å². The van der Waals surface area contributed by atoms with Crippen LogP contribution in [0, 0.1) is 17.8 Å². The van der Waals surface area contributed by atoms with Crippen molar-refractivity contribution in [3.8, 4) is 0 Å². The van der Waals surface area contributed by atoms with Crippen molar-refractivity contribution in [2.45, 2.75) is 39.5 Å². The summed E-state index contributed by atoms with van der Waals surface area (Å²) in [7, 11) is 0. The zero-order valence-corrected chi connectivity index (χ0v) is 10.6. The average molecular weight is 242 g/mol. The SMILES string of the molecule is CC(C)CCCCC(=O)[C@H]1C(=O)OC[C@H]1CO. The van der Waals surface area contributed by atoms with Crippen molar-refractivity contribution in [1.82, 2.24) is 0 Å². The molecule has 1 N–H and O–H groups in total. The van der Waals surface area contributed by atoms with Gasteiger partial charge in [-0.3, -0.25) is 9.59 Å². The lowest BCUT2D eigenvalue weighted by Gasteiger charge is -2.11. The third-order valence-electron chi connectivity index (χ3n) is 3.20. The minimum Gasteiger partial charge on any atom is -0.465 e. The van der Waals surface area contributed by atoms with Crippen LogP contribution in [-0.2, 0) is 14.3 Å². The number of carbonyl (C=O) groups excluding carboxylic acids is 2. The van der Waals surface area contributed by atoms with Gasteiger partial charge in [0, 0.05) is 12.3 Å². The van der Waals surface area contributed by atoms with Crippen molar-refractivity contribution < 1.29 is 19.4 Å². The van der Waals surface area contributed by atoms with Crippen LogP contribution in [0.25, 0.3) is 0 Å². The fourth-order valence-electron chi connectivity index (χ4n) is 2.13. The van der Waals surface area contributed by atoms with Gasteiger partial charge >= 0.3 is 5.97 Å². The van der Waals surface area contributed by atoms with Crippen molar-refractivity contribution >= 4 is 11.8 Å². The molecule has 4 heteroatoms. The number of aliphatic hydroxyl groups is 1. The number of rotatable bonds is 7. The molecule has 4 nitrogen and oxygen atoms in total. The van der Waals surface area contributed by atoms with Gasteiger partial charge in [-0.05, 0) is 12.3 Å². The van der Waals surface area contributed by atoms with Gasteiger partial charge in [0.1, 0.15) is 11.7 Å². The van der Waals surface area contributed by atoms with E-state index in [2.05, 4.69) is 13.8 Å². The number of aliphatic hydroxyl groups excluding tert-OH is 1. The Bertz CT molecular complexity index is 273. The van der Waals surface area contributed by atoms with Gasteiger partial charge < -0.3 is 9.84 Å². The number of hydrogen-bond acceptors (Lipinski definition) is 4. The second kappa shape index (κ2) is 6.74. The molecule has 1 aliphatic heterocycles. The molecule has 98 valence electrons. The van der Waals surface area contributed by atoms with E-state index in [1.165, 1.54) is 0 Å². The van der Waals surface area contributed by atoms with Crippen LogP contribution in [-0.4, -0.2) is 30.1 Å². The first kappa shape index (κ1) is 14.2. The summed E-state index contributed by atoms with van der Waals surface area (Å²) in [5.41, 5.74) is 0. The maximum absolute atomic E-state index is 11.9. The van der Waals surface area contributed by atoms with Crippen molar-refractivity contribution in [2.24, 2.45) is 17.8 Å². The Hall–Kier alpha value is -0.900. The van der Waals surface area contributed by atoms with Crippen LogP contribution in [0.2, 0.25) is 0 Å². The lowest BCUT2D eigenvalue weighted by Crippen LogP contribution is -2.27. The van der Waals surface area contributed by atoms with Gasteiger partial charge in [-0.25, -0.2) is 0 Å². The quantitative estimate of drug-likeness (QED) is 0.418. The summed E-state index contributed by atoms with van der Waals surface area (Å²) in [6.07, 6.45) is 3.35. The zero-order chi connectivity index (χ0) is 12.8. The van der Waals surface area contributed by atoms with E-state index in [4.69, 9.17) is 9.84 Å². The number of esters is 1. The van der Waals surface area contributed by atoms with E-state index >= 15 is 0 Å². The molecule has 0 spiro atoms. The summed E-state index contributed by atoms with van der Waals surface area (Å²) >= 11 is 0. The molecule has 1 heterocycles. The molecule has 2 atom stereocenters. The Morgan fingerprint density at radius 2 is 2.18 bits per heavy atom. The highest BCUT2D eigenvalue weighted by Crippen LogP contribution is 2.24. The maximum Gasteiger partial charge on any atom is 0.316 e. The first-order valence-corrected chi connectivity index (χ1v) is 6.36. The Kier molecular flexibility index (Phi) is 5.62. The van der Waals surface area contributed by atoms with E-state index in [1.54, 1.807) is 0 Å². The Balaban J connectivity index is 2.33. The molecule has 1 aliphatic rings. The van der Waals surface area contributed by atoms with Crippen LogP contribution in [0.3, 0.4) is 0 Å². The lowest BCUT2D eigenvalue weighted by molar-refractivity contribution is -0.144. The monoisotopic (exact) mass is 242 g/mol. The summed E-state index contributed by atoms with van der Waals surface area (Å²) in [5, 5.41) is 9.06. The molecule has 0 saturated carbocycles. The fraction of sp³-hybridized carbons (Fsp3) is 0.846. The first-order chi connectivity index (χ1) is 8.06. The molecule has 0 aromatic heterocycles. The summed E-state index contributed by atoms with van der Waals surface area (Å²) in [6, 6.07) is 0. The summed E-state index contributed by atoms with van der Waals surface area (Å²) in [5.74, 6) is -0.945. The van der Waals surface area contributed by atoms with Crippen molar-refractivity contribution in [3.05, 3.63) is 0 Å². The van der Waals surface area contributed by atoms with Crippen molar-refractivity contribution in [2.75, 3.05) is 13.2 Å². The molecule has 0 aromatic rings. The van der Waals surface area contributed by atoms with Crippen LogP contribution in [0.4, 0.5) is 0 Å². The number of unbranched alkanes of at least 4 members (excludes halogenated alkanes) is 1. The van der Waals surface area contributed by atoms with Gasteiger partial charge in [0.05, 0.1) is 13.2 Å². The predicted octanol–water partition coefficient (Wildman–Crippen LogP) is 1.55. The van der Waals surface area contributed by atoms with E-state index in [9.17, 15) is 9.59 Å². The van der Waals surface area contributed by atoms with Crippen LogP contribution >= 0.6 is 0 Å². The Morgan fingerprint density at radius 1 is 1.47 bits per heavy atom. The molecule has 1 fully saturated rings. The molecule has 0 aliphatic carbocycles. The van der Waals surface area contributed by atoms with Gasteiger partial charge in [-0.2, -0.15) is 0 Å². The Morgan fingerprint density at radius 3 is 2.76 bits per heavy atom.